The summed E-state index contributed by atoms with van der Waals surface area (Å²) in [5.74, 6) is 0. The van der Waals surface area contributed by atoms with Crippen LogP contribution >= 0.6 is 20.2 Å². The Morgan fingerprint density at radius 3 is 2.00 bits per heavy atom. The molecule has 0 radical (unpaired) electrons. The molecule has 0 aliphatic rings. The smallest absolute Gasteiger partial charge is 0.302 e. The van der Waals surface area contributed by atoms with Crippen molar-refractivity contribution >= 4 is 25.5 Å². The Kier molecular flexibility index (Phi) is 5.47. The highest BCUT2D eigenvalue weighted by atomic mass is 32.1. The Morgan fingerprint density at radius 1 is 1.11 bits per heavy atom. The third-order valence-corrected chi connectivity index (χ3v) is 5.05. The summed E-state index contributed by atoms with van der Waals surface area (Å²) in [6.07, 6.45) is -0.354. The third kappa shape index (κ3) is 4.13. The zero-order chi connectivity index (χ0) is 13.9. The minimum absolute atomic E-state index is 0.177. The molecule has 18 heavy (non-hydrogen) atoms. The van der Waals surface area contributed by atoms with Crippen LogP contribution in [0.4, 0.5) is 0 Å². The summed E-state index contributed by atoms with van der Waals surface area (Å²) >= 11 is 4.37. The minimum Gasteiger partial charge on any atom is -0.302 e. The number of benzene rings is 1. The van der Waals surface area contributed by atoms with Crippen molar-refractivity contribution in [3.8, 4) is 0 Å². The zero-order valence-corrected chi connectivity index (χ0v) is 13.3. The maximum atomic E-state index is 12.9. The Balaban J connectivity index is 3.21. The normalized spacial score (nSPS) is 12.4. The molecular weight excluding hydrogens is 267 g/mol. The Labute approximate surface area is 115 Å². The van der Waals surface area contributed by atoms with Gasteiger partial charge >= 0.3 is 7.60 Å². The van der Waals surface area contributed by atoms with Gasteiger partial charge in [-0.2, -0.15) is 0 Å². The van der Waals surface area contributed by atoms with Crippen molar-refractivity contribution in [2.24, 2.45) is 0 Å². The molecule has 0 fully saturated rings. The van der Waals surface area contributed by atoms with Gasteiger partial charge in [0.15, 0.2) is 0 Å². The summed E-state index contributed by atoms with van der Waals surface area (Å²) in [4.78, 5) is 0.639. The van der Waals surface area contributed by atoms with Gasteiger partial charge < -0.3 is 9.05 Å². The molecule has 0 N–H and O–H groups in total. The van der Waals surface area contributed by atoms with Gasteiger partial charge in [0, 0.05) is 4.90 Å². The largest absolute Gasteiger partial charge is 0.362 e. The van der Waals surface area contributed by atoms with E-state index in [1.807, 2.05) is 46.8 Å². The first kappa shape index (κ1) is 15.8. The molecule has 5 heteroatoms. The summed E-state index contributed by atoms with van der Waals surface area (Å²) in [5, 5.41) is 0.527. The summed E-state index contributed by atoms with van der Waals surface area (Å²) in [6, 6.07) is 5.51. The molecule has 0 aliphatic carbocycles. The summed E-state index contributed by atoms with van der Waals surface area (Å²) in [5.41, 5.74) is 1.06. The summed E-state index contributed by atoms with van der Waals surface area (Å²) < 4.78 is 24.0. The third-order valence-electron chi connectivity index (χ3n) is 2.13. The van der Waals surface area contributed by atoms with Crippen LogP contribution in [0.3, 0.4) is 0 Å². The number of hydrogen-bond acceptors (Lipinski definition) is 4. The molecule has 1 aromatic carbocycles. The minimum atomic E-state index is -3.32. The molecule has 0 saturated heterocycles. The van der Waals surface area contributed by atoms with Gasteiger partial charge in [0.05, 0.1) is 17.5 Å². The van der Waals surface area contributed by atoms with Gasteiger partial charge in [-0.15, -0.1) is 12.6 Å². The van der Waals surface area contributed by atoms with E-state index in [1.165, 1.54) is 0 Å². The average molecular weight is 288 g/mol. The van der Waals surface area contributed by atoms with E-state index < -0.39 is 7.60 Å². The van der Waals surface area contributed by atoms with Crippen LogP contribution in [0.15, 0.2) is 23.1 Å². The lowest BCUT2D eigenvalue weighted by molar-refractivity contribution is 0.150. The maximum absolute atomic E-state index is 12.9. The second-order valence-electron chi connectivity index (χ2n) is 4.80. The average Bonchev–Trinajstić information content (AvgIpc) is 2.13. The molecule has 0 saturated carbocycles. The van der Waals surface area contributed by atoms with Gasteiger partial charge in [-0.25, -0.2) is 0 Å². The summed E-state index contributed by atoms with van der Waals surface area (Å²) in [7, 11) is -3.32. The van der Waals surface area contributed by atoms with E-state index in [0.717, 1.165) is 5.56 Å². The van der Waals surface area contributed by atoms with Crippen molar-refractivity contribution in [2.75, 3.05) is 0 Å². The zero-order valence-electron chi connectivity index (χ0n) is 11.5. The fraction of sp³-hybridized carbons (Fsp3) is 0.538. The van der Waals surface area contributed by atoms with Crippen molar-refractivity contribution in [3.05, 3.63) is 23.8 Å². The first-order chi connectivity index (χ1) is 8.24. The van der Waals surface area contributed by atoms with Crippen molar-refractivity contribution in [1.82, 2.24) is 0 Å². The van der Waals surface area contributed by atoms with E-state index in [1.54, 1.807) is 6.07 Å². The Morgan fingerprint density at radius 2 is 1.61 bits per heavy atom. The molecule has 0 bridgehead atoms. The second kappa shape index (κ2) is 6.25. The molecular formula is C13H21O3PS. The van der Waals surface area contributed by atoms with E-state index in [2.05, 4.69) is 12.6 Å². The van der Waals surface area contributed by atoms with Crippen molar-refractivity contribution < 1.29 is 13.6 Å². The Hall–Kier alpha value is -0.280. The van der Waals surface area contributed by atoms with Crippen LogP contribution in [-0.4, -0.2) is 12.2 Å². The topological polar surface area (TPSA) is 35.5 Å². The van der Waals surface area contributed by atoms with Gasteiger partial charge in [-0.3, -0.25) is 4.57 Å². The number of aryl methyl sites for hydroxylation is 1. The van der Waals surface area contributed by atoms with Gasteiger partial charge in [-0.05, 0) is 52.3 Å². The lowest BCUT2D eigenvalue weighted by Crippen LogP contribution is -2.18. The molecule has 0 aliphatic heterocycles. The van der Waals surface area contributed by atoms with Crippen molar-refractivity contribution in [2.45, 2.75) is 51.7 Å². The second-order valence-corrected chi connectivity index (χ2v) is 7.18. The quantitative estimate of drug-likeness (QED) is 0.658. The van der Waals surface area contributed by atoms with Crippen LogP contribution < -0.4 is 5.30 Å². The van der Waals surface area contributed by atoms with Crippen LogP contribution in [0, 0.1) is 6.92 Å². The van der Waals surface area contributed by atoms with Crippen LogP contribution in [0.5, 0.6) is 0 Å². The molecule has 0 aromatic heterocycles. The van der Waals surface area contributed by atoms with Crippen LogP contribution in [0.1, 0.15) is 33.3 Å². The monoisotopic (exact) mass is 288 g/mol. The highest BCUT2D eigenvalue weighted by molar-refractivity contribution is 7.81. The fourth-order valence-electron chi connectivity index (χ4n) is 1.56. The maximum Gasteiger partial charge on any atom is 0.362 e. The number of hydrogen-bond donors (Lipinski definition) is 1. The molecule has 1 rings (SSSR count). The van der Waals surface area contributed by atoms with Crippen LogP contribution in [-0.2, 0) is 13.6 Å². The van der Waals surface area contributed by atoms with Gasteiger partial charge in [0.1, 0.15) is 0 Å². The Bertz CT molecular complexity index is 444. The van der Waals surface area contributed by atoms with E-state index in [0.29, 0.717) is 10.2 Å². The number of thiol groups is 1. The first-order valence-corrected chi connectivity index (χ1v) is 8.00. The van der Waals surface area contributed by atoms with E-state index >= 15 is 0 Å². The highest BCUT2D eigenvalue weighted by Gasteiger charge is 2.32. The van der Waals surface area contributed by atoms with Gasteiger partial charge in [-0.1, -0.05) is 6.07 Å². The molecule has 102 valence electrons. The SMILES string of the molecule is Cc1ccc(P(=O)(OC(C)C)OC(C)C)c(S)c1. The summed E-state index contributed by atoms with van der Waals surface area (Å²) in [6.45, 7) is 9.30. The highest BCUT2D eigenvalue weighted by Crippen LogP contribution is 2.50. The predicted molar refractivity (Wildman–Crippen MR) is 78.1 cm³/mol. The lowest BCUT2D eigenvalue weighted by atomic mass is 10.2. The van der Waals surface area contributed by atoms with E-state index in [9.17, 15) is 4.57 Å². The number of rotatable bonds is 5. The van der Waals surface area contributed by atoms with Crippen LogP contribution in [0.25, 0.3) is 0 Å². The molecule has 1 aromatic rings. The van der Waals surface area contributed by atoms with E-state index in [4.69, 9.17) is 9.05 Å². The fourth-order valence-corrected chi connectivity index (χ4v) is 4.19. The first-order valence-electron chi connectivity index (χ1n) is 6.01. The van der Waals surface area contributed by atoms with Crippen molar-refractivity contribution in [1.29, 1.82) is 0 Å². The van der Waals surface area contributed by atoms with Gasteiger partial charge in [0.25, 0.3) is 0 Å². The standard InChI is InChI=1S/C13H21O3PS/c1-9(2)15-17(14,16-10(3)4)12-7-6-11(5)8-13(12)18/h6-10,18H,1-5H3. The molecule has 3 nitrogen and oxygen atoms in total. The molecule has 0 heterocycles. The van der Waals surface area contributed by atoms with Crippen molar-refractivity contribution in [3.63, 3.8) is 0 Å². The van der Waals surface area contributed by atoms with E-state index in [-0.39, 0.29) is 12.2 Å². The molecule has 0 amide bonds. The molecule has 0 atom stereocenters. The lowest BCUT2D eigenvalue weighted by Gasteiger charge is -2.24. The molecule has 0 unspecified atom stereocenters. The van der Waals surface area contributed by atoms with Crippen LogP contribution in [0.2, 0.25) is 0 Å². The molecule has 0 spiro atoms. The van der Waals surface area contributed by atoms with Gasteiger partial charge in [0.2, 0.25) is 0 Å². The predicted octanol–water partition coefficient (Wildman–Crippen LogP) is 3.95.